The number of hydrogen-bond acceptors (Lipinski definition) is 28. The molecule has 0 unspecified atom stereocenters. The van der Waals surface area contributed by atoms with Crippen LogP contribution in [0.4, 0.5) is 21.0 Å². The number of carboxylic acids is 2. The molecular weight excluding hydrogens is 1780 g/mol. The highest BCUT2D eigenvalue weighted by Crippen LogP contribution is 2.44. The molecular formula is C99H107ClN12O22S. The highest BCUT2D eigenvalue weighted by molar-refractivity contribution is 7.93. The highest BCUT2D eigenvalue weighted by Gasteiger charge is 2.56. The Hall–Kier alpha value is -14.8. The van der Waals surface area contributed by atoms with E-state index in [1.165, 1.54) is 32.1 Å². The number of amides is 3. The van der Waals surface area contributed by atoms with E-state index in [-0.39, 0.29) is 71.5 Å². The number of carbonyl (C=O) groups is 8. The lowest BCUT2D eigenvalue weighted by Crippen LogP contribution is -2.43. The van der Waals surface area contributed by atoms with Crippen molar-refractivity contribution in [3.8, 4) is 68.7 Å². The number of ether oxygens (including phenoxy) is 8. The molecule has 0 spiro atoms. The topological polar surface area (TPSA) is 486 Å². The predicted octanol–water partition coefficient (Wildman–Crippen LogP) is 15.2. The van der Waals surface area contributed by atoms with E-state index in [2.05, 4.69) is 41.8 Å². The van der Waals surface area contributed by atoms with Crippen molar-refractivity contribution in [2.75, 3.05) is 65.4 Å². The number of aliphatic carboxylic acids is 2. The summed E-state index contributed by atoms with van der Waals surface area (Å²) in [6.07, 6.45) is 7.67. The van der Waals surface area contributed by atoms with Gasteiger partial charge in [-0.2, -0.15) is 0 Å². The predicted molar refractivity (Wildman–Crippen MR) is 510 cm³/mol. The first kappa shape index (κ1) is 102. The molecule has 34 nitrogen and oxygen atoms in total. The lowest BCUT2D eigenvalue weighted by atomic mass is 10.1. The first-order valence-electron chi connectivity index (χ1n) is 42.5. The first-order chi connectivity index (χ1) is 64.1. The lowest BCUT2D eigenvalue weighted by Gasteiger charge is -2.26. The Labute approximate surface area is 784 Å². The van der Waals surface area contributed by atoms with Crippen LogP contribution < -0.4 is 50.6 Å². The van der Waals surface area contributed by atoms with Gasteiger partial charge < -0.3 is 75.0 Å². The zero-order valence-electron chi connectivity index (χ0n) is 76.7. The third-order valence-electron chi connectivity index (χ3n) is 21.1. The largest absolute Gasteiger partial charge is 0.497 e. The van der Waals surface area contributed by atoms with Crippen LogP contribution in [-0.2, 0) is 33.7 Å². The minimum Gasteiger partial charge on any atom is -0.497 e. The number of ketones is 3. The number of nitrogens with zero attached hydrogens (tertiary/aromatic N) is 8. The summed E-state index contributed by atoms with van der Waals surface area (Å²) >= 11 is 6.30. The Morgan fingerprint density at radius 1 is 0.570 bits per heavy atom. The number of aromatic nitrogens is 7. The molecule has 135 heavy (non-hydrogen) atoms. The third kappa shape index (κ3) is 28.1. The number of rotatable bonds is 21. The van der Waals surface area contributed by atoms with Crippen LogP contribution in [0.15, 0.2) is 224 Å². The molecule has 2 saturated carbocycles. The summed E-state index contributed by atoms with van der Waals surface area (Å²) in [6.45, 7) is 16.9. The molecule has 0 bridgehead atoms. The minimum atomic E-state index is -3.22. The summed E-state index contributed by atoms with van der Waals surface area (Å²) < 4.78 is 65.7. The summed E-state index contributed by atoms with van der Waals surface area (Å²) in [5.41, 5.74) is 17.6. The number of carbonyl (C=O) groups excluding carboxylic acids is 6. The molecule has 9 heterocycles. The van der Waals surface area contributed by atoms with Gasteiger partial charge in [0.2, 0.25) is 0 Å². The standard InChI is InChI=1S/C25H27N3O6.C15H11ClN2O.C15H14N2O3.C15H12N2O2.C10H17NO5.C10H15NO3S.C9H11NO2/c1-25(2,3)34-24(31)28-14-16(12-21(28)23(29)30)33-22-13-20(18-7-5-6-10-26-18)27-19-11-15(32-4)8-9-17(19)22;1-19-10-5-6-11-12(16)9-15(18-14(11)8-10)13-4-2-3-7-17-13;1-10(18)12-7-6-11(20-2)9-14(12)17-15(19)13-5-3-4-8-16-13;1-19-10-5-6-11-13(8-10)17-14(9-15(11)18)12-4-2-3-7-16-12;1-10(2,3)16-9(15)11-5-6(12)4-7(11)8(13)14;1-2-7-5-10(7,11)9(12)6-15(13,14)8-3-4-8;1-6(11)8-4-3-7(12-2)5-9(8)10/h5-11,13,16,21H,12,14H2,1-4H3,(H,29,30);2-9H,1H3;3-9H,1-2H3,(H,17,19);2-9H,1H3,(H,17,18);6-7,12H,4-5H2,1-3H3,(H,13,14);2,7-8H,1,3-6,11H2;3-5H,10H2,1-2H3/t16-,21+;;;;6-,7+;7-,10-;/m1...11./s1. The van der Waals surface area contributed by atoms with Crippen molar-refractivity contribution in [1.29, 1.82) is 0 Å². The number of anilines is 2. The van der Waals surface area contributed by atoms with Crippen LogP contribution in [0, 0.1) is 5.92 Å². The molecule has 3 amide bonds. The number of methoxy groups -OCH3 is 5. The number of nitrogens with two attached hydrogens (primary N) is 2. The Kier molecular flexibility index (Phi) is 34.5. The number of aromatic amines is 1. The van der Waals surface area contributed by atoms with Gasteiger partial charge in [-0.1, -0.05) is 41.9 Å². The number of nitrogen functional groups attached to an aromatic ring is 1. The van der Waals surface area contributed by atoms with Gasteiger partial charge >= 0.3 is 24.1 Å². The Morgan fingerprint density at radius 2 is 1.04 bits per heavy atom. The van der Waals surface area contributed by atoms with E-state index in [9.17, 15) is 61.8 Å². The molecule has 7 aromatic heterocycles. The van der Waals surface area contributed by atoms with Gasteiger partial charge in [0.15, 0.2) is 32.6 Å². The second kappa shape index (κ2) is 45.5. The normalized spacial score (nSPS) is 16.8. The van der Waals surface area contributed by atoms with Crippen molar-refractivity contribution >= 4 is 113 Å². The van der Waals surface area contributed by atoms with Gasteiger partial charge in [0, 0.05) is 119 Å². The van der Waals surface area contributed by atoms with E-state index < -0.39 is 80.7 Å². The number of sulfone groups is 1. The van der Waals surface area contributed by atoms with Crippen LogP contribution in [0.25, 0.3) is 66.9 Å². The van der Waals surface area contributed by atoms with Crippen LogP contribution in [0.1, 0.15) is 119 Å². The SMILES string of the molecule is C=C[C@@H]1C[C@]1(N)C(=O)CS(=O)(=O)C1CC1.CC(C)(C)OC(=O)N1C[C@H](O)C[C@H]1C(=O)O.COc1ccc(C(C)=O)c(N)c1.COc1ccc(C(C)=O)c(NC(=O)c2ccccn2)c1.COc1ccc2c(=O)cc(-c3ccccn3)[nH]c2c1.COc1ccc2c(Cl)cc(-c3ccccn3)nc2c1.COc1ccc2c(O[C@@H]3C[C@@H](C(=O)O)N(C(=O)OC(C)(C)C)C3)cc(-c3ccccn3)nc2c1. The van der Waals surface area contributed by atoms with Crippen molar-refractivity contribution in [2.24, 2.45) is 11.7 Å². The fourth-order valence-corrected chi connectivity index (χ4v) is 15.9. The molecule has 9 N–H and O–H groups in total. The van der Waals surface area contributed by atoms with Crippen molar-refractivity contribution in [3.63, 3.8) is 0 Å². The van der Waals surface area contributed by atoms with Gasteiger partial charge in [-0.25, -0.2) is 37.6 Å². The number of aliphatic hydroxyl groups is 1. The number of halogens is 1. The lowest BCUT2D eigenvalue weighted by molar-refractivity contribution is -0.142. The summed E-state index contributed by atoms with van der Waals surface area (Å²) in [5, 5.41) is 33.3. The molecule has 12 aromatic rings. The number of likely N-dealkylation sites (tertiary alicyclic amines) is 2. The van der Waals surface area contributed by atoms with Crippen molar-refractivity contribution in [2.45, 2.75) is 134 Å². The van der Waals surface area contributed by atoms with Gasteiger partial charge in [0.25, 0.3) is 5.91 Å². The zero-order chi connectivity index (χ0) is 98.4. The summed E-state index contributed by atoms with van der Waals surface area (Å²) in [5.74, 6) is 0.315. The fourth-order valence-electron chi connectivity index (χ4n) is 13.9. The van der Waals surface area contributed by atoms with E-state index in [1.807, 2.05) is 91.0 Å². The van der Waals surface area contributed by atoms with Crippen LogP contribution in [-0.4, -0.2) is 216 Å². The third-order valence-corrected chi connectivity index (χ3v) is 23.5. The maximum Gasteiger partial charge on any atom is 0.411 e. The Bertz CT molecular complexity index is 6470. The molecule has 2 aliphatic carbocycles. The number of β-amino-alcohol motifs (C(OH)–C–C–N with tert-alkyl or cyclic N) is 1. The molecule has 36 heteroatoms. The van der Waals surface area contributed by atoms with Crippen LogP contribution in [0.2, 0.25) is 5.02 Å². The average molecular weight is 1880 g/mol. The van der Waals surface area contributed by atoms with Gasteiger partial charge in [0.1, 0.15) is 75.3 Å². The van der Waals surface area contributed by atoms with Gasteiger partial charge in [-0.15, -0.1) is 6.58 Å². The molecule has 708 valence electrons. The van der Waals surface area contributed by atoms with Crippen LogP contribution in [0.5, 0.6) is 34.5 Å². The minimum absolute atomic E-state index is 0.00583. The number of fused-ring (bicyclic) bond motifs is 3. The van der Waals surface area contributed by atoms with Crippen LogP contribution in [0.3, 0.4) is 0 Å². The first-order valence-corrected chi connectivity index (χ1v) is 44.6. The highest BCUT2D eigenvalue weighted by atomic mass is 35.5. The van der Waals surface area contributed by atoms with Gasteiger partial charge in [-0.3, -0.25) is 53.7 Å². The molecule has 4 aliphatic rings. The molecule has 5 aromatic carbocycles. The number of aliphatic hydroxyl groups excluding tert-OH is 1. The van der Waals surface area contributed by atoms with Crippen molar-refractivity contribution < 1.29 is 100.0 Å². The monoisotopic (exact) mass is 1880 g/mol. The molecule has 2 saturated heterocycles. The molecule has 4 fully saturated rings. The maximum atomic E-state index is 12.6. The zero-order valence-corrected chi connectivity index (χ0v) is 78.2. The Morgan fingerprint density at radius 3 is 1.52 bits per heavy atom. The van der Waals surface area contributed by atoms with E-state index in [0.29, 0.717) is 104 Å². The average Bonchev–Trinajstić information content (AvgIpc) is 1.59. The number of pyridine rings is 7. The number of hydrogen-bond donors (Lipinski definition) is 7. The second-order valence-electron chi connectivity index (χ2n) is 33.4. The summed E-state index contributed by atoms with van der Waals surface area (Å²) in [4.78, 5) is 137. The van der Waals surface area contributed by atoms with Crippen molar-refractivity contribution in [1.82, 2.24) is 44.7 Å². The quantitative estimate of drug-likeness (QED) is 0.0199. The molecule has 16 rings (SSSR count). The molecule has 6 atom stereocenters. The summed E-state index contributed by atoms with van der Waals surface area (Å²) in [6, 6.07) is 51.4. The van der Waals surface area contributed by atoms with Crippen molar-refractivity contribution in [3.05, 3.63) is 252 Å². The number of H-pyrrole nitrogens is 1. The maximum absolute atomic E-state index is 12.6. The van der Waals surface area contributed by atoms with E-state index >= 15 is 0 Å². The van der Waals surface area contributed by atoms with Crippen LogP contribution >= 0.6 is 11.6 Å². The van der Waals surface area contributed by atoms with E-state index in [4.69, 9.17) is 71.1 Å². The Balaban J connectivity index is 0.000000167. The summed E-state index contributed by atoms with van der Waals surface area (Å²) in [7, 11) is 4.66. The number of carboxylic acid groups (broad SMARTS) is 2. The second-order valence-corrected chi connectivity index (χ2v) is 36.1. The van der Waals surface area contributed by atoms with E-state index in [0.717, 1.165) is 49.5 Å². The number of Topliss-reactive ketones (excluding diaryl/α,β-unsaturated/α-hetero) is 3. The number of nitrogens with one attached hydrogen (secondary N) is 2. The van der Waals surface area contributed by atoms with E-state index in [1.54, 1.807) is 186 Å². The van der Waals surface area contributed by atoms with Gasteiger partial charge in [0.05, 0.1) is 127 Å². The fraction of sp³-hybridized carbons (Fsp3) is 0.303. The smallest absolute Gasteiger partial charge is 0.411 e. The molecule has 0 radical (unpaired) electrons. The number of benzene rings is 5. The van der Waals surface area contributed by atoms with Gasteiger partial charge in [-0.05, 0) is 190 Å². The molecule has 2 aliphatic heterocycles.